The molecule has 1 aromatic heterocycles. The van der Waals surface area contributed by atoms with Crippen molar-refractivity contribution in [2.75, 3.05) is 36.0 Å². The first-order valence-electron chi connectivity index (χ1n) is 8.27. The third-order valence-electron chi connectivity index (χ3n) is 4.98. The predicted octanol–water partition coefficient (Wildman–Crippen LogP) is 0.818. The van der Waals surface area contributed by atoms with Crippen molar-refractivity contribution in [2.45, 2.75) is 27.2 Å². The van der Waals surface area contributed by atoms with Crippen molar-refractivity contribution in [3.05, 3.63) is 5.69 Å². The molecule has 3 rings (SSSR count). The lowest BCUT2D eigenvalue weighted by atomic mass is 9.92. The SMILES string of the molecule is Cc1c(N2C(=O)CC(C)(C)C2=O)c(N2CCN(C(=O)O)CC2)nn1C. The Balaban J connectivity index is 1.96. The molecule has 1 N–H and O–H groups in total. The predicted molar refractivity (Wildman–Crippen MR) is 90.6 cm³/mol. The van der Waals surface area contributed by atoms with Crippen molar-refractivity contribution in [1.82, 2.24) is 14.7 Å². The van der Waals surface area contributed by atoms with E-state index in [0.717, 1.165) is 5.69 Å². The molecule has 9 nitrogen and oxygen atoms in total. The van der Waals surface area contributed by atoms with Gasteiger partial charge in [0, 0.05) is 39.6 Å². The van der Waals surface area contributed by atoms with Crippen LogP contribution in [-0.2, 0) is 16.6 Å². The van der Waals surface area contributed by atoms with Crippen molar-refractivity contribution < 1.29 is 19.5 Å². The Hall–Kier alpha value is -2.58. The molecule has 0 aromatic carbocycles. The van der Waals surface area contributed by atoms with Gasteiger partial charge in [0.2, 0.25) is 11.8 Å². The number of hydrogen-bond acceptors (Lipinski definition) is 5. The van der Waals surface area contributed by atoms with E-state index in [4.69, 9.17) is 5.11 Å². The standard InChI is InChI=1S/C16H23N5O4/c1-10-12(21-11(22)9-16(2,3)14(21)23)13(17-18(10)4)19-5-7-20(8-6-19)15(24)25/h5-9H2,1-4H3,(H,24,25). The highest BCUT2D eigenvalue weighted by atomic mass is 16.4. The second-order valence-corrected chi connectivity index (χ2v) is 7.23. The molecule has 2 aliphatic rings. The second kappa shape index (κ2) is 5.75. The third kappa shape index (κ3) is 2.73. The van der Waals surface area contributed by atoms with E-state index >= 15 is 0 Å². The van der Waals surface area contributed by atoms with Crippen molar-refractivity contribution in [2.24, 2.45) is 12.5 Å². The molecule has 0 spiro atoms. The number of aryl methyl sites for hydroxylation is 1. The Labute approximate surface area is 145 Å². The van der Waals surface area contributed by atoms with Crippen LogP contribution in [0.3, 0.4) is 0 Å². The van der Waals surface area contributed by atoms with Gasteiger partial charge in [0.25, 0.3) is 0 Å². The first-order chi connectivity index (χ1) is 11.6. The summed E-state index contributed by atoms with van der Waals surface area (Å²) in [5, 5.41) is 13.6. The molecular weight excluding hydrogens is 326 g/mol. The molecular formula is C16H23N5O4. The molecule has 1 aromatic rings. The van der Waals surface area contributed by atoms with Crippen LogP contribution in [0.25, 0.3) is 0 Å². The molecule has 25 heavy (non-hydrogen) atoms. The summed E-state index contributed by atoms with van der Waals surface area (Å²) in [7, 11) is 1.77. The summed E-state index contributed by atoms with van der Waals surface area (Å²) in [6.07, 6.45) is -0.768. The molecule has 9 heteroatoms. The summed E-state index contributed by atoms with van der Waals surface area (Å²) in [6.45, 7) is 7.01. The quantitative estimate of drug-likeness (QED) is 0.794. The molecule has 0 aliphatic carbocycles. The van der Waals surface area contributed by atoms with E-state index in [-0.39, 0.29) is 18.2 Å². The zero-order chi connectivity index (χ0) is 18.5. The summed E-state index contributed by atoms with van der Waals surface area (Å²) in [6, 6.07) is 0. The minimum Gasteiger partial charge on any atom is -0.465 e. The number of anilines is 2. The Morgan fingerprint density at radius 2 is 1.76 bits per heavy atom. The van der Waals surface area contributed by atoms with Crippen molar-refractivity contribution in [1.29, 1.82) is 0 Å². The number of carbonyl (C=O) groups excluding carboxylic acids is 2. The van der Waals surface area contributed by atoms with E-state index in [0.29, 0.717) is 37.7 Å². The number of nitrogens with zero attached hydrogens (tertiary/aromatic N) is 5. The topological polar surface area (TPSA) is 99.0 Å². The lowest BCUT2D eigenvalue weighted by Crippen LogP contribution is -2.49. The molecule has 2 fully saturated rings. The monoisotopic (exact) mass is 349 g/mol. The molecule has 2 saturated heterocycles. The summed E-state index contributed by atoms with van der Waals surface area (Å²) in [5.74, 6) is 0.111. The van der Waals surface area contributed by atoms with Gasteiger partial charge in [-0.25, -0.2) is 9.69 Å². The number of hydrogen-bond donors (Lipinski definition) is 1. The van der Waals surface area contributed by atoms with E-state index in [1.54, 1.807) is 25.6 Å². The summed E-state index contributed by atoms with van der Waals surface area (Å²) < 4.78 is 1.65. The number of amides is 3. The summed E-state index contributed by atoms with van der Waals surface area (Å²) >= 11 is 0. The first-order valence-corrected chi connectivity index (χ1v) is 8.27. The summed E-state index contributed by atoms with van der Waals surface area (Å²) in [5.41, 5.74) is 0.528. The fraction of sp³-hybridized carbons (Fsp3) is 0.625. The highest BCUT2D eigenvalue weighted by molar-refractivity contribution is 6.23. The van der Waals surface area contributed by atoms with E-state index in [2.05, 4.69) is 5.10 Å². The maximum Gasteiger partial charge on any atom is 0.407 e. The largest absolute Gasteiger partial charge is 0.465 e. The van der Waals surface area contributed by atoms with Crippen LogP contribution in [-0.4, -0.2) is 63.9 Å². The van der Waals surface area contributed by atoms with Gasteiger partial charge >= 0.3 is 6.09 Å². The van der Waals surface area contributed by atoms with Crippen molar-refractivity contribution >= 4 is 29.4 Å². The Bertz CT molecular complexity index is 746. The van der Waals surface area contributed by atoms with Gasteiger partial charge < -0.3 is 14.9 Å². The van der Waals surface area contributed by atoms with Crippen LogP contribution < -0.4 is 9.80 Å². The zero-order valence-corrected chi connectivity index (χ0v) is 14.9. The second-order valence-electron chi connectivity index (χ2n) is 7.23. The highest BCUT2D eigenvalue weighted by Gasteiger charge is 2.48. The average molecular weight is 349 g/mol. The van der Waals surface area contributed by atoms with E-state index < -0.39 is 11.5 Å². The maximum absolute atomic E-state index is 12.7. The van der Waals surface area contributed by atoms with E-state index in [9.17, 15) is 14.4 Å². The van der Waals surface area contributed by atoms with Gasteiger partial charge in [0.1, 0.15) is 5.69 Å². The van der Waals surface area contributed by atoms with Crippen molar-refractivity contribution in [3.8, 4) is 0 Å². The molecule has 3 amide bonds. The van der Waals surface area contributed by atoms with E-state index in [1.807, 2.05) is 11.8 Å². The van der Waals surface area contributed by atoms with Crippen LogP contribution in [0.5, 0.6) is 0 Å². The first kappa shape index (κ1) is 17.2. The summed E-state index contributed by atoms with van der Waals surface area (Å²) in [4.78, 5) is 40.9. The lowest BCUT2D eigenvalue weighted by molar-refractivity contribution is -0.124. The van der Waals surface area contributed by atoms with Gasteiger partial charge in [-0.05, 0) is 6.92 Å². The molecule has 0 saturated carbocycles. The van der Waals surface area contributed by atoms with Gasteiger partial charge in [0.05, 0.1) is 11.1 Å². The van der Waals surface area contributed by atoms with Gasteiger partial charge in [0.15, 0.2) is 5.82 Å². The van der Waals surface area contributed by atoms with Crippen molar-refractivity contribution in [3.63, 3.8) is 0 Å². The number of piperazine rings is 1. The van der Waals surface area contributed by atoms with Crippen LogP contribution in [0, 0.1) is 12.3 Å². The Morgan fingerprint density at radius 1 is 1.16 bits per heavy atom. The van der Waals surface area contributed by atoms with Gasteiger partial charge in [-0.3, -0.25) is 14.3 Å². The highest BCUT2D eigenvalue weighted by Crippen LogP contribution is 2.41. The van der Waals surface area contributed by atoms with Gasteiger partial charge in [-0.1, -0.05) is 13.8 Å². The smallest absolute Gasteiger partial charge is 0.407 e. The normalized spacial score (nSPS) is 20.6. The van der Waals surface area contributed by atoms with Gasteiger partial charge in [-0.15, -0.1) is 0 Å². The molecule has 3 heterocycles. The molecule has 2 aliphatic heterocycles. The molecule has 0 atom stereocenters. The van der Waals surface area contributed by atoms with Crippen LogP contribution in [0.1, 0.15) is 26.0 Å². The Morgan fingerprint density at radius 3 is 2.24 bits per heavy atom. The van der Waals surface area contributed by atoms with Crippen LogP contribution >= 0.6 is 0 Å². The fourth-order valence-corrected chi connectivity index (χ4v) is 3.34. The van der Waals surface area contributed by atoms with Crippen LogP contribution in [0.2, 0.25) is 0 Å². The minimum absolute atomic E-state index is 0.173. The number of aromatic nitrogens is 2. The molecule has 0 radical (unpaired) electrons. The molecule has 0 unspecified atom stereocenters. The minimum atomic E-state index is -0.941. The number of carbonyl (C=O) groups is 3. The number of imide groups is 1. The Kier molecular flexibility index (Phi) is 3.97. The molecule has 0 bridgehead atoms. The van der Waals surface area contributed by atoms with E-state index in [1.165, 1.54) is 9.80 Å². The van der Waals surface area contributed by atoms with Crippen LogP contribution in [0.4, 0.5) is 16.3 Å². The third-order valence-corrected chi connectivity index (χ3v) is 4.98. The van der Waals surface area contributed by atoms with Crippen LogP contribution in [0.15, 0.2) is 0 Å². The fourth-order valence-electron chi connectivity index (χ4n) is 3.34. The molecule has 136 valence electrons. The van der Waals surface area contributed by atoms with Gasteiger partial charge in [-0.2, -0.15) is 5.10 Å². The average Bonchev–Trinajstić information content (AvgIpc) is 2.93. The zero-order valence-electron chi connectivity index (χ0n) is 14.9. The maximum atomic E-state index is 12.7. The lowest BCUT2D eigenvalue weighted by Gasteiger charge is -2.34. The number of carboxylic acid groups (broad SMARTS) is 1. The number of rotatable bonds is 2.